The van der Waals surface area contributed by atoms with E-state index in [9.17, 15) is 92.3 Å². The highest BCUT2D eigenvalue weighted by atomic mass is 19.4. The number of nitrogens with one attached hydrogen (secondary N) is 2. The summed E-state index contributed by atoms with van der Waals surface area (Å²) < 4.78 is 168. The second-order valence-corrected chi connectivity index (χ2v) is 12.4. The fraction of sp³-hybridized carbons (Fsp3) is 0.222. The minimum absolute atomic E-state index is 0.00350. The number of amides is 1. The molecule has 0 aliphatic rings. The maximum Gasteiger partial charge on any atom is 0.430 e. The van der Waals surface area contributed by atoms with Gasteiger partial charge in [0, 0.05) is 35.1 Å². The molecule has 0 saturated heterocycles. The number of Topliss-reactive ketones (excluding diaryl/α,β-unsaturated/α-hetero) is 1. The van der Waals surface area contributed by atoms with Gasteiger partial charge in [-0.3, -0.25) is 9.59 Å². The Morgan fingerprint density at radius 2 is 0.845 bits per heavy atom. The van der Waals surface area contributed by atoms with Crippen LogP contribution in [0.3, 0.4) is 0 Å². The van der Waals surface area contributed by atoms with Crippen molar-refractivity contribution in [3.8, 4) is 22.3 Å². The normalized spacial score (nSPS) is 12.9. The SMILES string of the molecule is CNc1cc(-c2cc(NC(=O)c3cc(-c4ccc(C(=O)O)c(C(C)=O)c4)ccc3C(=O)O)cc(C(O)(C(F)(F)F)C(F)(F)F)c2)cc(C(O)(C(F)(F)F)C(F)(F)F)c1. The summed E-state index contributed by atoms with van der Waals surface area (Å²) in [5.74, 6) is -5.67. The maximum absolute atomic E-state index is 14.1. The van der Waals surface area contributed by atoms with Crippen molar-refractivity contribution in [3.63, 3.8) is 0 Å². The molecule has 4 aromatic carbocycles. The average molecular weight is 841 g/mol. The molecule has 10 nitrogen and oxygen atoms in total. The molecule has 0 aromatic heterocycles. The number of aromatic carboxylic acids is 2. The van der Waals surface area contributed by atoms with E-state index in [1.165, 1.54) is 0 Å². The zero-order valence-electron chi connectivity index (χ0n) is 28.9. The van der Waals surface area contributed by atoms with Crippen LogP contribution in [-0.4, -0.2) is 75.8 Å². The summed E-state index contributed by atoms with van der Waals surface area (Å²) >= 11 is 0. The van der Waals surface area contributed by atoms with Gasteiger partial charge in [-0.1, -0.05) is 12.1 Å². The van der Waals surface area contributed by atoms with Crippen molar-refractivity contribution < 1.29 is 92.3 Å². The van der Waals surface area contributed by atoms with Crippen molar-refractivity contribution in [3.05, 3.63) is 106 Å². The number of rotatable bonds is 10. The van der Waals surface area contributed by atoms with Gasteiger partial charge in [-0.05, 0) is 89.8 Å². The van der Waals surface area contributed by atoms with Gasteiger partial charge in [0.1, 0.15) is 0 Å². The average Bonchev–Trinajstić information content (AvgIpc) is 3.11. The molecule has 22 heteroatoms. The third kappa shape index (κ3) is 8.01. The topological polar surface area (TPSA) is 173 Å². The van der Waals surface area contributed by atoms with Gasteiger partial charge in [-0.15, -0.1) is 0 Å². The summed E-state index contributed by atoms with van der Waals surface area (Å²) in [6.07, 6.45) is -26.3. The first kappa shape index (κ1) is 44.6. The van der Waals surface area contributed by atoms with Crippen LogP contribution in [0.5, 0.6) is 0 Å². The van der Waals surface area contributed by atoms with Crippen LogP contribution in [0.25, 0.3) is 22.3 Å². The van der Waals surface area contributed by atoms with Gasteiger partial charge in [0.2, 0.25) is 0 Å². The molecule has 4 aromatic rings. The highest BCUT2D eigenvalue weighted by Crippen LogP contribution is 2.53. The molecule has 1 amide bonds. The van der Waals surface area contributed by atoms with E-state index in [4.69, 9.17) is 0 Å². The molecule has 0 radical (unpaired) electrons. The Morgan fingerprint density at radius 1 is 0.483 bits per heavy atom. The van der Waals surface area contributed by atoms with Crippen molar-refractivity contribution in [2.45, 2.75) is 42.8 Å². The number of hydrogen-bond acceptors (Lipinski definition) is 7. The van der Waals surface area contributed by atoms with Crippen LogP contribution in [-0.2, 0) is 11.2 Å². The number of carboxylic acid groups (broad SMARTS) is 2. The molecule has 0 spiro atoms. The lowest BCUT2D eigenvalue weighted by Gasteiger charge is -2.34. The van der Waals surface area contributed by atoms with Crippen LogP contribution in [0, 0.1) is 0 Å². The van der Waals surface area contributed by atoms with E-state index < -0.39 is 110 Å². The number of carbonyl (C=O) groups is 4. The minimum atomic E-state index is -6.63. The summed E-state index contributed by atoms with van der Waals surface area (Å²) in [5.41, 5.74) is -22.3. The monoisotopic (exact) mass is 840 g/mol. The lowest BCUT2D eigenvalue weighted by atomic mass is 9.86. The van der Waals surface area contributed by atoms with Crippen LogP contribution < -0.4 is 10.6 Å². The molecule has 0 aliphatic carbocycles. The predicted molar refractivity (Wildman–Crippen MR) is 177 cm³/mol. The van der Waals surface area contributed by atoms with Crippen molar-refractivity contribution in [1.82, 2.24) is 0 Å². The zero-order valence-corrected chi connectivity index (χ0v) is 28.9. The molecule has 0 aliphatic heterocycles. The molecule has 0 saturated carbocycles. The first-order valence-corrected chi connectivity index (χ1v) is 15.7. The van der Waals surface area contributed by atoms with Gasteiger partial charge in [-0.2, -0.15) is 52.7 Å². The molecule has 0 bridgehead atoms. The van der Waals surface area contributed by atoms with Crippen LogP contribution in [0.4, 0.5) is 64.1 Å². The number of carboxylic acids is 2. The van der Waals surface area contributed by atoms with E-state index >= 15 is 0 Å². The molecule has 0 unspecified atom stereocenters. The quantitative estimate of drug-likeness (QED) is 0.0676. The van der Waals surface area contributed by atoms with Gasteiger partial charge < -0.3 is 31.1 Å². The van der Waals surface area contributed by atoms with Gasteiger partial charge in [-0.25, -0.2) is 9.59 Å². The Kier molecular flexibility index (Phi) is 11.5. The highest BCUT2D eigenvalue weighted by molar-refractivity contribution is 6.12. The summed E-state index contributed by atoms with van der Waals surface area (Å²) in [4.78, 5) is 49.5. The van der Waals surface area contributed by atoms with Crippen LogP contribution in [0.1, 0.15) is 59.5 Å². The fourth-order valence-corrected chi connectivity index (χ4v) is 5.70. The lowest BCUT2D eigenvalue weighted by Crippen LogP contribution is -2.54. The van der Waals surface area contributed by atoms with E-state index in [0.29, 0.717) is 12.1 Å². The number of carbonyl (C=O) groups excluding carboxylic acids is 2. The van der Waals surface area contributed by atoms with E-state index in [0.717, 1.165) is 50.4 Å². The standard InChI is InChI=1S/C36H24F12N2O8/c1-15(51)26-11-16(3-5-24(26)29(53)54)17-4-6-25(30(55)56)27(12-17)28(52)50-23-10-19(8-21(14-23)32(58,35(43,44)45)36(46,47)48)18-7-20(13-22(9-18)49-2)31(57,33(37,38)39)34(40,41)42/h3-14,49,57-58H,1-2H3,(H,50,52)(H,53,54)(H,55,56). The second kappa shape index (κ2) is 15.0. The summed E-state index contributed by atoms with van der Waals surface area (Å²) in [6, 6.07) is 6.87. The second-order valence-electron chi connectivity index (χ2n) is 12.4. The lowest BCUT2D eigenvalue weighted by molar-refractivity contribution is -0.376. The number of anilines is 2. The zero-order chi connectivity index (χ0) is 44.1. The van der Waals surface area contributed by atoms with Crippen LogP contribution in [0.2, 0.25) is 0 Å². The maximum atomic E-state index is 14.1. The number of alkyl halides is 12. The summed E-state index contributed by atoms with van der Waals surface area (Å²) in [5, 5.41) is 43.4. The number of hydrogen-bond donors (Lipinski definition) is 6. The predicted octanol–water partition coefficient (Wildman–Crippen LogP) is 8.54. The van der Waals surface area contributed by atoms with Crippen LogP contribution >= 0.6 is 0 Å². The van der Waals surface area contributed by atoms with E-state index in [1.54, 1.807) is 0 Å². The summed E-state index contributed by atoms with van der Waals surface area (Å²) in [7, 11) is 0.937. The van der Waals surface area contributed by atoms with Gasteiger partial charge in [0.15, 0.2) is 5.78 Å². The Balaban J connectivity index is 2.02. The third-order valence-corrected chi connectivity index (χ3v) is 8.68. The molecule has 0 fully saturated rings. The van der Waals surface area contributed by atoms with Gasteiger partial charge >= 0.3 is 36.6 Å². The number of benzene rings is 4. The molecular weight excluding hydrogens is 816 g/mol. The van der Waals surface area contributed by atoms with Gasteiger partial charge in [0.05, 0.1) is 16.7 Å². The van der Waals surface area contributed by atoms with Gasteiger partial charge in [0.25, 0.3) is 17.1 Å². The molecule has 4 rings (SSSR count). The largest absolute Gasteiger partial charge is 0.478 e. The molecule has 310 valence electrons. The molecule has 0 atom stereocenters. The molecular formula is C36H24F12N2O8. The first-order valence-electron chi connectivity index (χ1n) is 15.7. The third-order valence-electron chi connectivity index (χ3n) is 8.68. The Labute approximate surface area is 316 Å². The molecule has 58 heavy (non-hydrogen) atoms. The van der Waals surface area contributed by atoms with Crippen molar-refractivity contribution in [2.24, 2.45) is 0 Å². The minimum Gasteiger partial charge on any atom is -0.478 e. The van der Waals surface area contributed by atoms with Crippen molar-refractivity contribution in [1.29, 1.82) is 0 Å². The van der Waals surface area contributed by atoms with E-state index in [2.05, 4.69) is 5.32 Å². The fourth-order valence-electron chi connectivity index (χ4n) is 5.70. The Bertz CT molecular complexity index is 2290. The van der Waals surface area contributed by atoms with E-state index in [1.807, 2.05) is 5.32 Å². The molecule has 0 heterocycles. The van der Waals surface area contributed by atoms with E-state index in [-0.39, 0.29) is 41.0 Å². The van der Waals surface area contributed by atoms with Crippen molar-refractivity contribution in [2.75, 3.05) is 17.7 Å². The number of halogens is 12. The first-order chi connectivity index (χ1) is 26.4. The Morgan fingerprint density at radius 3 is 1.21 bits per heavy atom. The number of ketones is 1. The van der Waals surface area contributed by atoms with Crippen LogP contribution in [0.15, 0.2) is 72.8 Å². The summed E-state index contributed by atoms with van der Waals surface area (Å²) in [6.45, 7) is 1.02. The highest BCUT2D eigenvalue weighted by Gasteiger charge is 2.72. The smallest absolute Gasteiger partial charge is 0.430 e. The Hall–Kier alpha value is -6.16. The molecule has 6 N–H and O–H groups in total. The number of aliphatic hydroxyl groups is 2. The van der Waals surface area contributed by atoms with Crippen molar-refractivity contribution >= 4 is 35.0 Å².